The molecule has 2 aliphatic rings. The number of rotatable bonds is 6. The number of piperidine rings is 1. The predicted octanol–water partition coefficient (Wildman–Crippen LogP) is 2.47. The van der Waals surface area contributed by atoms with Crippen molar-refractivity contribution in [3.63, 3.8) is 0 Å². The SMILES string of the molecule is COc1nc(N[C@@H](C)C2CC3CC(Cl)C(OC(C)C)CC3NC2=O)ncc1C#N. The van der Waals surface area contributed by atoms with Crippen LogP contribution < -0.4 is 15.4 Å². The summed E-state index contributed by atoms with van der Waals surface area (Å²) in [5.74, 6) is 0.635. The molecule has 0 aromatic carbocycles. The van der Waals surface area contributed by atoms with E-state index in [1.165, 1.54) is 13.3 Å². The van der Waals surface area contributed by atoms with E-state index in [9.17, 15) is 4.79 Å². The summed E-state index contributed by atoms with van der Waals surface area (Å²) in [5.41, 5.74) is 0.262. The van der Waals surface area contributed by atoms with Crippen molar-refractivity contribution in [2.45, 2.75) is 69.7 Å². The second kappa shape index (κ2) is 9.14. The molecule has 2 heterocycles. The molecule has 1 saturated carbocycles. The predicted molar refractivity (Wildman–Crippen MR) is 109 cm³/mol. The van der Waals surface area contributed by atoms with E-state index in [0.717, 1.165) is 19.3 Å². The number of nitrogens with one attached hydrogen (secondary N) is 2. The summed E-state index contributed by atoms with van der Waals surface area (Å²) in [5, 5.41) is 15.4. The fourth-order valence-corrected chi connectivity index (χ4v) is 4.64. The van der Waals surface area contributed by atoms with Gasteiger partial charge in [0.05, 0.1) is 36.8 Å². The van der Waals surface area contributed by atoms with Gasteiger partial charge in [-0.1, -0.05) is 0 Å². The van der Waals surface area contributed by atoms with E-state index in [1.807, 2.05) is 26.8 Å². The van der Waals surface area contributed by atoms with Crippen LogP contribution in [0.5, 0.6) is 5.88 Å². The van der Waals surface area contributed by atoms with Gasteiger partial charge in [-0.2, -0.15) is 10.2 Å². The van der Waals surface area contributed by atoms with Gasteiger partial charge in [-0.3, -0.25) is 4.79 Å². The van der Waals surface area contributed by atoms with Gasteiger partial charge in [0.1, 0.15) is 11.6 Å². The van der Waals surface area contributed by atoms with E-state index in [-0.39, 0.29) is 52.9 Å². The van der Waals surface area contributed by atoms with E-state index in [4.69, 9.17) is 26.3 Å². The average Bonchev–Trinajstić information content (AvgIpc) is 2.68. The van der Waals surface area contributed by atoms with Crippen LogP contribution in [-0.4, -0.2) is 52.7 Å². The third-order valence-electron chi connectivity index (χ3n) is 5.68. The van der Waals surface area contributed by atoms with E-state index >= 15 is 0 Å². The number of amides is 1. The highest BCUT2D eigenvalue weighted by Crippen LogP contribution is 2.38. The number of aromatic nitrogens is 2. The van der Waals surface area contributed by atoms with Gasteiger partial charge in [-0.05, 0) is 46.0 Å². The Morgan fingerprint density at radius 2 is 2.10 bits per heavy atom. The van der Waals surface area contributed by atoms with E-state index in [2.05, 4.69) is 20.6 Å². The number of carbonyl (C=O) groups excluding carboxylic acids is 1. The molecule has 1 aliphatic carbocycles. The summed E-state index contributed by atoms with van der Waals surface area (Å²) in [6.07, 6.45) is 3.78. The molecule has 1 aromatic rings. The van der Waals surface area contributed by atoms with Gasteiger partial charge in [0.2, 0.25) is 17.7 Å². The largest absolute Gasteiger partial charge is 0.480 e. The molecule has 1 amide bonds. The van der Waals surface area contributed by atoms with Crippen LogP contribution in [0.4, 0.5) is 5.95 Å². The minimum absolute atomic E-state index is 0.0168. The number of nitriles is 1. The van der Waals surface area contributed by atoms with Crippen LogP contribution in [0.2, 0.25) is 0 Å². The van der Waals surface area contributed by atoms with Crippen LogP contribution in [0.1, 0.15) is 45.6 Å². The smallest absolute Gasteiger partial charge is 0.236 e. The molecule has 1 aliphatic heterocycles. The third-order valence-corrected chi connectivity index (χ3v) is 6.14. The Balaban J connectivity index is 1.65. The number of hydrogen-bond donors (Lipinski definition) is 2. The second-order valence-corrected chi connectivity index (χ2v) is 8.65. The molecule has 0 radical (unpaired) electrons. The summed E-state index contributed by atoms with van der Waals surface area (Å²) >= 11 is 6.59. The molecule has 2 N–H and O–H groups in total. The Morgan fingerprint density at radius 1 is 1.34 bits per heavy atom. The molecule has 1 aromatic heterocycles. The number of fused-ring (bicyclic) bond motifs is 1. The summed E-state index contributed by atoms with van der Waals surface area (Å²) in [7, 11) is 1.45. The number of alkyl halides is 1. The minimum atomic E-state index is -0.229. The molecule has 2 fully saturated rings. The zero-order valence-electron chi connectivity index (χ0n) is 17.2. The average molecular weight is 422 g/mol. The van der Waals surface area contributed by atoms with Crippen molar-refractivity contribution in [1.82, 2.24) is 15.3 Å². The topological polar surface area (TPSA) is 109 Å². The fraction of sp³-hybridized carbons (Fsp3) is 0.700. The molecule has 5 unspecified atom stereocenters. The highest BCUT2D eigenvalue weighted by atomic mass is 35.5. The van der Waals surface area contributed by atoms with Gasteiger partial charge < -0.3 is 20.1 Å². The lowest BCUT2D eigenvalue weighted by atomic mass is 9.73. The van der Waals surface area contributed by atoms with Gasteiger partial charge in [0, 0.05) is 12.1 Å². The normalized spacial score (nSPS) is 30.1. The molecule has 0 spiro atoms. The highest BCUT2D eigenvalue weighted by molar-refractivity contribution is 6.21. The molecule has 9 heteroatoms. The van der Waals surface area contributed by atoms with Crippen LogP contribution in [0.3, 0.4) is 0 Å². The van der Waals surface area contributed by atoms with Gasteiger partial charge in [-0.25, -0.2) is 4.98 Å². The standard InChI is InChI=1S/C20H28ClN5O3/c1-10(2)29-17-7-16-12(6-15(17)21)5-14(18(27)25-16)11(3)24-20-23-9-13(8-22)19(26-20)28-4/h9-12,14-17H,5-7H2,1-4H3,(H,25,27)(H,23,24,26)/t11-,12?,14?,15?,16?,17?/m0/s1. The van der Waals surface area contributed by atoms with Crippen molar-refractivity contribution >= 4 is 23.5 Å². The zero-order chi connectivity index (χ0) is 21.1. The van der Waals surface area contributed by atoms with Gasteiger partial charge in [-0.15, -0.1) is 11.6 Å². The molecule has 29 heavy (non-hydrogen) atoms. The quantitative estimate of drug-likeness (QED) is 0.679. The fourth-order valence-electron chi connectivity index (χ4n) is 4.25. The van der Waals surface area contributed by atoms with Crippen molar-refractivity contribution in [2.75, 3.05) is 12.4 Å². The molecule has 0 bridgehead atoms. The first-order valence-electron chi connectivity index (χ1n) is 9.99. The van der Waals surface area contributed by atoms with Crippen molar-refractivity contribution in [3.05, 3.63) is 11.8 Å². The Morgan fingerprint density at radius 3 is 2.76 bits per heavy atom. The maximum Gasteiger partial charge on any atom is 0.236 e. The summed E-state index contributed by atoms with van der Waals surface area (Å²) in [4.78, 5) is 21.2. The molecule has 8 nitrogen and oxygen atoms in total. The maximum absolute atomic E-state index is 12.8. The van der Waals surface area contributed by atoms with Gasteiger partial charge >= 0.3 is 0 Å². The number of carbonyl (C=O) groups is 1. The zero-order valence-corrected chi connectivity index (χ0v) is 17.9. The Kier molecular flexibility index (Phi) is 6.81. The number of halogens is 1. The Hall–Kier alpha value is -2.11. The first kappa shape index (κ1) is 21.6. The lowest BCUT2D eigenvalue weighted by Crippen LogP contribution is -2.57. The van der Waals surface area contributed by atoms with E-state index in [1.54, 1.807) is 0 Å². The van der Waals surface area contributed by atoms with Gasteiger partial charge in [0.15, 0.2) is 0 Å². The summed E-state index contributed by atoms with van der Waals surface area (Å²) in [6.45, 7) is 5.93. The lowest BCUT2D eigenvalue weighted by Gasteiger charge is -2.45. The van der Waals surface area contributed by atoms with Crippen LogP contribution in [-0.2, 0) is 9.53 Å². The third kappa shape index (κ3) is 4.90. The number of anilines is 1. The van der Waals surface area contributed by atoms with Crippen LogP contribution in [0.15, 0.2) is 6.20 Å². The maximum atomic E-state index is 12.8. The molecular weight excluding hydrogens is 394 g/mol. The number of nitrogens with zero attached hydrogens (tertiary/aromatic N) is 3. The van der Waals surface area contributed by atoms with Crippen LogP contribution in [0.25, 0.3) is 0 Å². The first-order chi connectivity index (χ1) is 13.8. The molecule has 3 rings (SSSR count). The summed E-state index contributed by atoms with van der Waals surface area (Å²) in [6, 6.07) is 1.89. The van der Waals surface area contributed by atoms with Crippen molar-refractivity contribution in [1.29, 1.82) is 5.26 Å². The molecular formula is C20H28ClN5O3. The summed E-state index contributed by atoms with van der Waals surface area (Å²) < 4.78 is 11.1. The lowest BCUT2D eigenvalue weighted by molar-refractivity contribution is -0.131. The Bertz CT molecular complexity index is 784. The minimum Gasteiger partial charge on any atom is -0.480 e. The van der Waals surface area contributed by atoms with Crippen LogP contribution in [0, 0.1) is 23.2 Å². The first-order valence-corrected chi connectivity index (χ1v) is 10.4. The Labute approximate surface area is 176 Å². The monoisotopic (exact) mass is 421 g/mol. The van der Waals surface area contributed by atoms with Crippen LogP contribution >= 0.6 is 11.6 Å². The van der Waals surface area contributed by atoms with E-state index < -0.39 is 0 Å². The van der Waals surface area contributed by atoms with Crippen molar-refractivity contribution < 1.29 is 14.3 Å². The second-order valence-electron chi connectivity index (χ2n) is 8.09. The highest BCUT2D eigenvalue weighted by Gasteiger charge is 2.44. The number of ether oxygens (including phenoxy) is 2. The van der Waals surface area contributed by atoms with E-state index in [0.29, 0.717) is 11.9 Å². The molecule has 158 valence electrons. The van der Waals surface area contributed by atoms with Crippen molar-refractivity contribution in [2.24, 2.45) is 11.8 Å². The molecule has 1 saturated heterocycles. The number of hydrogen-bond acceptors (Lipinski definition) is 7. The van der Waals surface area contributed by atoms with Gasteiger partial charge in [0.25, 0.3) is 0 Å². The molecule has 6 atom stereocenters. The number of methoxy groups -OCH3 is 1. The van der Waals surface area contributed by atoms with Crippen molar-refractivity contribution in [3.8, 4) is 11.9 Å².